The maximum atomic E-state index is 8.73. The lowest BCUT2D eigenvalue weighted by molar-refractivity contribution is 0.311. The van der Waals surface area contributed by atoms with Gasteiger partial charge in [-0.2, -0.15) is 0 Å². The van der Waals surface area contributed by atoms with Crippen LogP contribution in [0.1, 0.15) is 0 Å². The standard InChI is InChI=1S/C15H17NO3/c1-18-14-4-2-3-5-15(14)19-13-8-6-12(7-9-13)16-10-11-17/h2-9,16-17H,10-11H2,1H3. The normalized spacial score (nSPS) is 10.0. The fourth-order valence-corrected chi connectivity index (χ4v) is 1.67. The van der Waals surface area contributed by atoms with E-state index in [2.05, 4.69) is 5.32 Å². The molecule has 2 aromatic rings. The Morgan fingerprint density at radius 3 is 2.32 bits per heavy atom. The number of anilines is 1. The van der Waals surface area contributed by atoms with Crippen LogP contribution in [0.4, 0.5) is 5.69 Å². The number of nitrogens with one attached hydrogen (secondary N) is 1. The molecule has 19 heavy (non-hydrogen) atoms. The second kappa shape index (κ2) is 6.66. The van der Waals surface area contributed by atoms with Crippen LogP contribution in [0.25, 0.3) is 0 Å². The summed E-state index contributed by atoms with van der Waals surface area (Å²) in [5.41, 5.74) is 0.946. The molecule has 0 fully saturated rings. The van der Waals surface area contributed by atoms with Crippen LogP contribution in [-0.4, -0.2) is 25.4 Å². The topological polar surface area (TPSA) is 50.7 Å². The molecule has 0 aromatic heterocycles. The van der Waals surface area contributed by atoms with Crippen molar-refractivity contribution < 1.29 is 14.6 Å². The van der Waals surface area contributed by atoms with E-state index in [9.17, 15) is 0 Å². The summed E-state index contributed by atoms with van der Waals surface area (Å²) in [5.74, 6) is 2.12. The lowest BCUT2D eigenvalue weighted by Gasteiger charge is -2.10. The zero-order valence-electron chi connectivity index (χ0n) is 10.8. The minimum atomic E-state index is 0.111. The SMILES string of the molecule is COc1ccccc1Oc1ccc(NCCO)cc1. The molecule has 0 aliphatic rings. The van der Waals surface area contributed by atoms with E-state index in [1.54, 1.807) is 7.11 Å². The summed E-state index contributed by atoms with van der Waals surface area (Å²) in [7, 11) is 1.62. The van der Waals surface area contributed by atoms with Gasteiger partial charge in [0.15, 0.2) is 11.5 Å². The largest absolute Gasteiger partial charge is 0.493 e. The monoisotopic (exact) mass is 259 g/mol. The van der Waals surface area contributed by atoms with Crippen molar-refractivity contribution in [2.45, 2.75) is 0 Å². The Hall–Kier alpha value is -2.20. The Kier molecular flexibility index (Phi) is 4.64. The number of benzene rings is 2. The Labute approximate surface area is 112 Å². The van der Waals surface area contributed by atoms with Gasteiger partial charge < -0.3 is 19.9 Å². The molecule has 0 radical (unpaired) electrons. The first-order valence-corrected chi connectivity index (χ1v) is 6.09. The fraction of sp³-hybridized carbons (Fsp3) is 0.200. The van der Waals surface area contributed by atoms with Gasteiger partial charge >= 0.3 is 0 Å². The molecule has 0 saturated carbocycles. The van der Waals surface area contributed by atoms with Gasteiger partial charge in [0, 0.05) is 12.2 Å². The summed E-state index contributed by atoms with van der Waals surface area (Å²) in [5, 5.41) is 11.8. The Balaban J connectivity index is 2.06. The molecule has 0 heterocycles. The molecule has 0 saturated heterocycles. The first-order chi connectivity index (χ1) is 9.33. The number of hydrogen-bond acceptors (Lipinski definition) is 4. The van der Waals surface area contributed by atoms with Crippen molar-refractivity contribution in [3.8, 4) is 17.2 Å². The molecule has 0 unspecified atom stereocenters. The van der Waals surface area contributed by atoms with Crippen LogP contribution in [-0.2, 0) is 0 Å². The van der Waals surface area contributed by atoms with Gasteiger partial charge in [0.25, 0.3) is 0 Å². The molecular weight excluding hydrogens is 242 g/mol. The van der Waals surface area contributed by atoms with Gasteiger partial charge in [0.2, 0.25) is 0 Å². The van der Waals surface area contributed by atoms with Gasteiger partial charge in [-0.3, -0.25) is 0 Å². The highest BCUT2D eigenvalue weighted by molar-refractivity contribution is 5.48. The van der Waals surface area contributed by atoms with Gasteiger partial charge in [0.1, 0.15) is 5.75 Å². The summed E-state index contributed by atoms with van der Waals surface area (Å²) >= 11 is 0. The number of rotatable bonds is 6. The zero-order valence-corrected chi connectivity index (χ0v) is 10.8. The summed E-state index contributed by atoms with van der Waals surface area (Å²) < 4.78 is 11.0. The van der Waals surface area contributed by atoms with Gasteiger partial charge in [0.05, 0.1) is 13.7 Å². The van der Waals surface area contributed by atoms with Crippen LogP contribution in [0.15, 0.2) is 48.5 Å². The Morgan fingerprint density at radius 1 is 1.00 bits per heavy atom. The fourth-order valence-electron chi connectivity index (χ4n) is 1.67. The highest BCUT2D eigenvalue weighted by Crippen LogP contribution is 2.31. The number of aliphatic hydroxyl groups is 1. The van der Waals surface area contributed by atoms with Crippen LogP contribution in [0.2, 0.25) is 0 Å². The average molecular weight is 259 g/mol. The predicted octanol–water partition coefficient (Wildman–Crippen LogP) is 2.89. The third-order valence-electron chi connectivity index (χ3n) is 2.59. The van der Waals surface area contributed by atoms with Gasteiger partial charge in [-0.15, -0.1) is 0 Å². The Bertz CT molecular complexity index is 511. The summed E-state index contributed by atoms with van der Waals surface area (Å²) in [6.07, 6.45) is 0. The van der Waals surface area contributed by atoms with Gasteiger partial charge in [-0.1, -0.05) is 12.1 Å². The van der Waals surface area contributed by atoms with Crippen molar-refractivity contribution in [1.82, 2.24) is 0 Å². The lowest BCUT2D eigenvalue weighted by Crippen LogP contribution is -2.04. The Morgan fingerprint density at radius 2 is 1.68 bits per heavy atom. The molecule has 2 rings (SSSR count). The minimum absolute atomic E-state index is 0.111. The van der Waals surface area contributed by atoms with Gasteiger partial charge in [-0.05, 0) is 36.4 Å². The second-order valence-electron chi connectivity index (χ2n) is 3.93. The molecule has 0 spiro atoms. The van der Waals surface area contributed by atoms with Crippen LogP contribution >= 0.6 is 0 Å². The summed E-state index contributed by atoms with van der Waals surface area (Å²) in [4.78, 5) is 0. The van der Waals surface area contributed by atoms with E-state index < -0.39 is 0 Å². The molecule has 0 bridgehead atoms. The minimum Gasteiger partial charge on any atom is -0.493 e. The van der Waals surface area contributed by atoms with Crippen molar-refractivity contribution in [1.29, 1.82) is 0 Å². The maximum Gasteiger partial charge on any atom is 0.169 e. The average Bonchev–Trinajstić information content (AvgIpc) is 2.47. The van der Waals surface area contributed by atoms with Crippen molar-refractivity contribution in [2.24, 2.45) is 0 Å². The molecule has 100 valence electrons. The first kappa shape index (κ1) is 13.2. The van der Waals surface area contributed by atoms with E-state index in [4.69, 9.17) is 14.6 Å². The van der Waals surface area contributed by atoms with Crippen LogP contribution in [0.3, 0.4) is 0 Å². The number of aliphatic hydroxyl groups excluding tert-OH is 1. The zero-order chi connectivity index (χ0) is 13.5. The molecule has 2 aromatic carbocycles. The van der Waals surface area contributed by atoms with Crippen molar-refractivity contribution >= 4 is 5.69 Å². The third-order valence-corrected chi connectivity index (χ3v) is 2.59. The quantitative estimate of drug-likeness (QED) is 0.837. The summed E-state index contributed by atoms with van der Waals surface area (Å²) in [6, 6.07) is 15.0. The van der Waals surface area contributed by atoms with E-state index in [0.717, 1.165) is 11.4 Å². The molecule has 0 atom stereocenters. The molecule has 4 heteroatoms. The number of hydrogen-bond donors (Lipinski definition) is 2. The molecule has 0 amide bonds. The molecule has 0 aliphatic heterocycles. The number of methoxy groups -OCH3 is 1. The van der Waals surface area contributed by atoms with E-state index in [0.29, 0.717) is 18.0 Å². The lowest BCUT2D eigenvalue weighted by atomic mass is 10.3. The summed E-state index contributed by atoms with van der Waals surface area (Å²) in [6.45, 7) is 0.645. The van der Waals surface area contributed by atoms with Crippen molar-refractivity contribution in [3.05, 3.63) is 48.5 Å². The second-order valence-corrected chi connectivity index (χ2v) is 3.93. The van der Waals surface area contributed by atoms with E-state index in [1.165, 1.54) is 0 Å². The number of ether oxygens (including phenoxy) is 2. The molecule has 0 aliphatic carbocycles. The smallest absolute Gasteiger partial charge is 0.169 e. The van der Waals surface area contributed by atoms with Gasteiger partial charge in [-0.25, -0.2) is 0 Å². The van der Waals surface area contributed by atoms with E-state index >= 15 is 0 Å². The maximum absolute atomic E-state index is 8.73. The third kappa shape index (κ3) is 3.63. The highest BCUT2D eigenvalue weighted by atomic mass is 16.5. The van der Waals surface area contributed by atoms with Crippen LogP contribution < -0.4 is 14.8 Å². The molecule has 2 N–H and O–H groups in total. The van der Waals surface area contributed by atoms with Crippen LogP contribution in [0.5, 0.6) is 17.2 Å². The van der Waals surface area contributed by atoms with E-state index in [1.807, 2.05) is 48.5 Å². The van der Waals surface area contributed by atoms with Crippen LogP contribution in [0, 0.1) is 0 Å². The van der Waals surface area contributed by atoms with Crippen molar-refractivity contribution in [2.75, 3.05) is 25.6 Å². The highest BCUT2D eigenvalue weighted by Gasteiger charge is 2.03. The van der Waals surface area contributed by atoms with E-state index in [-0.39, 0.29) is 6.61 Å². The number of para-hydroxylation sites is 2. The molecular formula is C15H17NO3. The predicted molar refractivity (Wildman–Crippen MR) is 75.1 cm³/mol. The molecule has 4 nitrogen and oxygen atoms in total. The first-order valence-electron chi connectivity index (χ1n) is 6.09. The van der Waals surface area contributed by atoms with Crippen molar-refractivity contribution in [3.63, 3.8) is 0 Å².